The SMILES string of the molecule is NN.O=C(O)C(=O)O.O=S(=O)(O)O. The van der Waals surface area contributed by atoms with Crippen molar-refractivity contribution in [1.82, 2.24) is 0 Å². The number of rotatable bonds is 0. The molecule has 0 saturated heterocycles. The molecule has 0 unspecified atom stereocenters. The van der Waals surface area contributed by atoms with E-state index in [4.69, 9.17) is 37.3 Å². The van der Waals surface area contributed by atoms with Crippen LogP contribution < -0.4 is 11.7 Å². The van der Waals surface area contributed by atoms with Crippen molar-refractivity contribution < 1.29 is 37.3 Å². The van der Waals surface area contributed by atoms with Crippen LogP contribution in [-0.4, -0.2) is 39.7 Å². The zero-order valence-electron chi connectivity index (χ0n) is 5.98. The third-order valence-corrected chi connectivity index (χ3v) is 0.183. The van der Waals surface area contributed by atoms with Crippen LogP contribution in [0, 0.1) is 0 Å². The largest absolute Gasteiger partial charge is 0.473 e. The van der Waals surface area contributed by atoms with Gasteiger partial charge in [-0.1, -0.05) is 0 Å². The molecule has 0 rings (SSSR count). The fourth-order valence-electron chi connectivity index (χ4n) is 0. The second kappa shape index (κ2) is 8.82. The Morgan fingerprint density at radius 1 is 0.923 bits per heavy atom. The van der Waals surface area contributed by atoms with Crippen molar-refractivity contribution in [2.24, 2.45) is 11.7 Å². The van der Waals surface area contributed by atoms with Crippen LogP contribution in [0.4, 0.5) is 0 Å². The first-order valence-corrected chi connectivity index (χ1v) is 3.53. The van der Waals surface area contributed by atoms with E-state index in [1.807, 2.05) is 0 Å². The second-order valence-corrected chi connectivity index (χ2v) is 1.95. The first kappa shape index (κ1) is 17.7. The Kier molecular flexibility index (Phi) is 12.0. The lowest BCUT2D eigenvalue weighted by Gasteiger charge is -1.72. The predicted molar refractivity (Wildman–Crippen MR) is 37.8 cm³/mol. The maximum atomic E-state index is 9.10. The molecular formula is C2H8N2O8S. The average molecular weight is 220 g/mol. The van der Waals surface area contributed by atoms with Crippen molar-refractivity contribution in [2.45, 2.75) is 0 Å². The van der Waals surface area contributed by atoms with Crippen LogP contribution in [0.25, 0.3) is 0 Å². The Morgan fingerprint density at radius 3 is 1.00 bits per heavy atom. The minimum Gasteiger partial charge on any atom is -0.473 e. The average Bonchev–Trinajstić information content (AvgIpc) is 1.88. The second-order valence-electron chi connectivity index (χ2n) is 1.06. The van der Waals surface area contributed by atoms with Crippen LogP contribution in [0.3, 0.4) is 0 Å². The van der Waals surface area contributed by atoms with Crippen molar-refractivity contribution in [3.05, 3.63) is 0 Å². The number of aliphatic carboxylic acids is 2. The van der Waals surface area contributed by atoms with E-state index in [0.29, 0.717) is 0 Å². The topological polar surface area (TPSA) is 201 Å². The number of carboxylic acids is 2. The summed E-state index contributed by atoms with van der Waals surface area (Å²) in [6.45, 7) is 0. The van der Waals surface area contributed by atoms with Gasteiger partial charge in [0.25, 0.3) is 0 Å². The molecule has 0 aliphatic rings. The molecule has 11 heteroatoms. The molecule has 0 aromatic carbocycles. The van der Waals surface area contributed by atoms with Gasteiger partial charge in [0.2, 0.25) is 0 Å². The van der Waals surface area contributed by atoms with Crippen LogP contribution in [0.2, 0.25) is 0 Å². The first-order chi connectivity index (χ1) is 5.64. The van der Waals surface area contributed by atoms with Gasteiger partial charge in [0.15, 0.2) is 0 Å². The van der Waals surface area contributed by atoms with Gasteiger partial charge in [-0.15, -0.1) is 0 Å². The van der Waals surface area contributed by atoms with Crippen molar-refractivity contribution in [3.63, 3.8) is 0 Å². The van der Waals surface area contributed by atoms with Crippen molar-refractivity contribution in [1.29, 1.82) is 0 Å². The van der Waals surface area contributed by atoms with Crippen LogP contribution in [0.5, 0.6) is 0 Å². The summed E-state index contributed by atoms with van der Waals surface area (Å²) in [7, 11) is -4.67. The third-order valence-electron chi connectivity index (χ3n) is 0.183. The first-order valence-electron chi connectivity index (χ1n) is 2.14. The molecule has 0 aromatic heterocycles. The highest BCUT2D eigenvalue weighted by molar-refractivity contribution is 7.79. The normalized spacial score (nSPS) is 8.31. The summed E-state index contributed by atoms with van der Waals surface area (Å²) in [6, 6.07) is 0. The molecule has 0 amide bonds. The monoisotopic (exact) mass is 220 g/mol. The maximum absolute atomic E-state index is 9.10. The fraction of sp³-hybridized carbons (Fsp3) is 0. The van der Waals surface area contributed by atoms with Gasteiger partial charge in [-0.05, 0) is 0 Å². The molecule has 0 atom stereocenters. The Bertz CT molecular complexity index is 223. The summed E-state index contributed by atoms with van der Waals surface area (Å²) < 4.78 is 31.6. The number of nitrogens with two attached hydrogens (primary N) is 2. The molecule has 0 aliphatic carbocycles. The minimum absolute atomic E-state index is 1.82. The molecule has 0 saturated carbocycles. The van der Waals surface area contributed by atoms with E-state index in [-0.39, 0.29) is 0 Å². The van der Waals surface area contributed by atoms with Crippen molar-refractivity contribution >= 4 is 22.3 Å². The Labute approximate surface area is 72.3 Å². The summed E-state index contributed by atoms with van der Waals surface area (Å²) in [4.78, 5) is 18.2. The minimum atomic E-state index is -4.67. The summed E-state index contributed by atoms with van der Waals surface area (Å²) in [5.74, 6) is 4.35. The van der Waals surface area contributed by atoms with Gasteiger partial charge in [0.1, 0.15) is 0 Å². The van der Waals surface area contributed by atoms with E-state index in [2.05, 4.69) is 11.7 Å². The zero-order valence-corrected chi connectivity index (χ0v) is 6.80. The number of hydrogen-bond acceptors (Lipinski definition) is 6. The molecule has 0 spiro atoms. The van der Waals surface area contributed by atoms with E-state index >= 15 is 0 Å². The van der Waals surface area contributed by atoms with Crippen LogP contribution in [0.15, 0.2) is 0 Å². The lowest BCUT2D eigenvalue weighted by atomic mass is 10.7. The van der Waals surface area contributed by atoms with E-state index in [1.54, 1.807) is 0 Å². The molecule has 0 aromatic rings. The number of carboxylic acid groups (broad SMARTS) is 2. The maximum Gasteiger partial charge on any atom is 0.414 e. The summed E-state index contributed by atoms with van der Waals surface area (Å²) in [5, 5.41) is 14.8. The van der Waals surface area contributed by atoms with Gasteiger partial charge < -0.3 is 10.2 Å². The highest BCUT2D eigenvalue weighted by Crippen LogP contribution is 1.59. The zero-order chi connectivity index (χ0) is 11.7. The van der Waals surface area contributed by atoms with Gasteiger partial charge in [-0.25, -0.2) is 9.59 Å². The third kappa shape index (κ3) is 110. The Morgan fingerprint density at radius 2 is 1.00 bits per heavy atom. The highest BCUT2D eigenvalue weighted by Gasteiger charge is 2.04. The molecule has 0 fully saturated rings. The van der Waals surface area contributed by atoms with Gasteiger partial charge in [0, 0.05) is 0 Å². The summed E-state index contributed by atoms with van der Waals surface area (Å²) in [6.07, 6.45) is 0. The molecule has 0 bridgehead atoms. The van der Waals surface area contributed by atoms with E-state index < -0.39 is 22.3 Å². The summed E-state index contributed by atoms with van der Waals surface area (Å²) >= 11 is 0. The molecule has 80 valence electrons. The molecular weight excluding hydrogens is 212 g/mol. The molecule has 8 N–H and O–H groups in total. The molecule has 0 radical (unpaired) electrons. The van der Waals surface area contributed by atoms with E-state index in [1.165, 1.54) is 0 Å². The number of carbonyl (C=O) groups is 2. The van der Waals surface area contributed by atoms with Gasteiger partial charge in [-0.2, -0.15) is 8.42 Å². The number of hydrogen-bond donors (Lipinski definition) is 6. The van der Waals surface area contributed by atoms with E-state index in [9.17, 15) is 0 Å². The van der Waals surface area contributed by atoms with Crippen LogP contribution in [-0.2, 0) is 20.0 Å². The van der Waals surface area contributed by atoms with Gasteiger partial charge in [-0.3, -0.25) is 20.8 Å². The standard InChI is InChI=1S/C2H2O4.H4N2.H2O4S/c3-1(4)2(5)6;1-2;1-5(2,3)4/h(H,3,4)(H,5,6);1-2H2;(H2,1,2,3,4). The Hall–Kier alpha value is -1.27. The number of hydrazine groups is 1. The van der Waals surface area contributed by atoms with Crippen LogP contribution in [0.1, 0.15) is 0 Å². The van der Waals surface area contributed by atoms with Crippen molar-refractivity contribution in [3.8, 4) is 0 Å². The summed E-state index contributed by atoms with van der Waals surface area (Å²) in [5.41, 5.74) is 0. The quantitative estimate of drug-likeness (QED) is 0.108. The van der Waals surface area contributed by atoms with E-state index in [0.717, 1.165) is 0 Å². The van der Waals surface area contributed by atoms with Gasteiger partial charge >= 0.3 is 22.3 Å². The fourth-order valence-corrected chi connectivity index (χ4v) is 0. The predicted octanol–water partition coefficient (Wildman–Crippen LogP) is -2.68. The molecule has 0 heterocycles. The van der Waals surface area contributed by atoms with Gasteiger partial charge in [0.05, 0.1) is 0 Å². The molecule has 10 nitrogen and oxygen atoms in total. The highest BCUT2D eigenvalue weighted by atomic mass is 32.3. The molecule has 0 aliphatic heterocycles. The van der Waals surface area contributed by atoms with Crippen LogP contribution >= 0.6 is 0 Å². The lowest BCUT2D eigenvalue weighted by Crippen LogP contribution is -2.09. The lowest BCUT2D eigenvalue weighted by molar-refractivity contribution is -0.159. The van der Waals surface area contributed by atoms with Crippen molar-refractivity contribution in [2.75, 3.05) is 0 Å². The smallest absolute Gasteiger partial charge is 0.414 e. The molecule has 13 heavy (non-hydrogen) atoms. The Balaban J connectivity index is -0.000000131.